The Morgan fingerprint density at radius 2 is 2.05 bits per heavy atom. The number of anilines is 2. The predicted molar refractivity (Wildman–Crippen MR) is 83.2 cm³/mol. The zero-order valence-electron chi connectivity index (χ0n) is 12.1. The molecule has 1 aliphatic rings. The molecule has 5 heteroatoms. The molecule has 0 N–H and O–H groups in total. The average Bonchev–Trinajstić information content (AvgIpc) is 2.72. The van der Waals surface area contributed by atoms with Crippen molar-refractivity contribution in [1.29, 1.82) is 0 Å². The second kappa shape index (κ2) is 5.71. The van der Waals surface area contributed by atoms with Crippen LogP contribution in [0.3, 0.4) is 0 Å². The fourth-order valence-electron chi connectivity index (χ4n) is 2.09. The molecule has 1 aromatic rings. The number of nitrogens with zero attached hydrogens (tertiary/aromatic N) is 2. The zero-order valence-corrected chi connectivity index (χ0v) is 13.0. The van der Waals surface area contributed by atoms with Crippen molar-refractivity contribution in [2.75, 3.05) is 23.4 Å². The van der Waals surface area contributed by atoms with Crippen molar-refractivity contribution in [1.82, 2.24) is 0 Å². The molecular weight excluding hydrogens is 272 g/mol. The Balaban J connectivity index is 2.42. The minimum Gasteiger partial charge on any atom is -0.335 e. The summed E-state index contributed by atoms with van der Waals surface area (Å²) in [6.07, 6.45) is 1.66. The van der Waals surface area contributed by atoms with Crippen molar-refractivity contribution in [3.05, 3.63) is 29.3 Å². The summed E-state index contributed by atoms with van der Waals surface area (Å²) >= 11 is 1.59. The summed E-state index contributed by atoms with van der Waals surface area (Å²) in [6, 6.07) is 5.92. The van der Waals surface area contributed by atoms with E-state index >= 15 is 0 Å². The Labute approximate surface area is 123 Å². The molecular formula is C15H18N2O2S. The number of ketones is 1. The second-order valence-electron chi connectivity index (χ2n) is 4.67. The number of amides is 1. The van der Waals surface area contributed by atoms with Gasteiger partial charge in [-0.05, 0) is 32.0 Å². The third-order valence-corrected chi connectivity index (χ3v) is 4.33. The van der Waals surface area contributed by atoms with E-state index in [0.29, 0.717) is 0 Å². The second-order valence-corrected chi connectivity index (χ2v) is 5.73. The van der Waals surface area contributed by atoms with Gasteiger partial charge in [0.1, 0.15) is 0 Å². The lowest BCUT2D eigenvalue weighted by molar-refractivity contribution is -0.116. The lowest BCUT2D eigenvalue weighted by atomic mass is 10.2. The van der Waals surface area contributed by atoms with E-state index < -0.39 is 0 Å². The van der Waals surface area contributed by atoms with E-state index in [9.17, 15) is 9.59 Å². The minimum absolute atomic E-state index is 0.00171. The third-order valence-electron chi connectivity index (χ3n) is 3.22. The Kier molecular flexibility index (Phi) is 4.18. The van der Waals surface area contributed by atoms with Crippen LogP contribution < -0.4 is 9.80 Å². The highest BCUT2D eigenvalue weighted by atomic mass is 32.2. The number of carbonyl (C=O) groups is 2. The normalized spacial score (nSPS) is 15.4. The Bertz CT molecular complexity index is 596. The van der Waals surface area contributed by atoms with Crippen molar-refractivity contribution in [2.24, 2.45) is 0 Å². The first-order chi connectivity index (χ1) is 9.43. The largest absolute Gasteiger partial charge is 0.335 e. The van der Waals surface area contributed by atoms with Gasteiger partial charge in [-0.25, -0.2) is 0 Å². The van der Waals surface area contributed by atoms with Crippen LogP contribution in [-0.2, 0) is 9.59 Å². The molecule has 1 aromatic carbocycles. The van der Waals surface area contributed by atoms with Crippen LogP contribution in [0, 0.1) is 0 Å². The number of hydrogen-bond donors (Lipinski definition) is 0. The number of rotatable bonds is 3. The molecule has 20 heavy (non-hydrogen) atoms. The highest BCUT2D eigenvalue weighted by Crippen LogP contribution is 2.47. The first-order valence-electron chi connectivity index (χ1n) is 6.50. The van der Waals surface area contributed by atoms with Gasteiger partial charge < -0.3 is 9.80 Å². The summed E-state index contributed by atoms with van der Waals surface area (Å²) in [5, 5.41) is 0.942. The van der Waals surface area contributed by atoms with Crippen molar-refractivity contribution in [3.63, 3.8) is 0 Å². The lowest BCUT2D eigenvalue weighted by Crippen LogP contribution is -2.23. The average molecular weight is 290 g/mol. The molecule has 0 saturated heterocycles. The number of allylic oxidation sites excluding steroid dienone is 1. The SMILES string of the molecule is CCN1/C(=C/C(C)=O)Sc2ccc(N(C)C(C)=O)cc21. The van der Waals surface area contributed by atoms with E-state index in [-0.39, 0.29) is 11.7 Å². The van der Waals surface area contributed by atoms with E-state index in [1.165, 1.54) is 0 Å². The zero-order chi connectivity index (χ0) is 14.9. The van der Waals surface area contributed by atoms with E-state index in [4.69, 9.17) is 0 Å². The van der Waals surface area contributed by atoms with Crippen molar-refractivity contribution >= 4 is 34.8 Å². The topological polar surface area (TPSA) is 40.6 Å². The molecule has 2 rings (SSSR count). The van der Waals surface area contributed by atoms with Crippen molar-refractivity contribution in [3.8, 4) is 0 Å². The van der Waals surface area contributed by atoms with Gasteiger partial charge in [0.15, 0.2) is 5.78 Å². The number of hydrogen-bond acceptors (Lipinski definition) is 4. The summed E-state index contributed by atoms with van der Waals surface area (Å²) < 4.78 is 0. The van der Waals surface area contributed by atoms with Gasteiger partial charge >= 0.3 is 0 Å². The Morgan fingerprint density at radius 1 is 1.35 bits per heavy atom. The predicted octanol–water partition coefficient (Wildman–Crippen LogP) is 3.03. The molecule has 0 aliphatic carbocycles. The molecule has 0 atom stereocenters. The highest BCUT2D eigenvalue weighted by molar-refractivity contribution is 8.03. The summed E-state index contributed by atoms with van der Waals surface area (Å²) in [5.74, 6) is 0.0398. The van der Waals surface area contributed by atoms with Crippen molar-refractivity contribution < 1.29 is 9.59 Å². The van der Waals surface area contributed by atoms with Crippen LogP contribution in [0.15, 0.2) is 34.2 Å². The molecule has 4 nitrogen and oxygen atoms in total. The molecule has 1 heterocycles. The fourth-order valence-corrected chi connectivity index (χ4v) is 3.28. The minimum atomic E-state index is -0.00171. The molecule has 106 valence electrons. The van der Waals surface area contributed by atoms with Crippen molar-refractivity contribution in [2.45, 2.75) is 25.7 Å². The van der Waals surface area contributed by atoms with Crippen LogP contribution in [0.25, 0.3) is 0 Å². The van der Waals surface area contributed by atoms with Gasteiger partial charge in [0.2, 0.25) is 5.91 Å². The van der Waals surface area contributed by atoms with Crippen LogP contribution in [0.2, 0.25) is 0 Å². The fraction of sp³-hybridized carbons (Fsp3) is 0.333. The maximum atomic E-state index is 11.5. The Hall–Kier alpha value is -1.75. The van der Waals surface area contributed by atoms with Gasteiger partial charge in [0, 0.05) is 37.2 Å². The molecule has 0 unspecified atom stereocenters. The Morgan fingerprint density at radius 3 is 2.60 bits per heavy atom. The summed E-state index contributed by atoms with van der Waals surface area (Å²) in [7, 11) is 1.76. The van der Waals surface area contributed by atoms with E-state index in [1.54, 1.807) is 43.6 Å². The third kappa shape index (κ3) is 2.72. The summed E-state index contributed by atoms with van der Waals surface area (Å²) in [6.45, 7) is 5.93. The number of fused-ring (bicyclic) bond motifs is 1. The molecule has 0 aromatic heterocycles. The van der Waals surface area contributed by atoms with E-state index in [0.717, 1.165) is 27.8 Å². The van der Waals surface area contributed by atoms with Gasteiger partial charge in [-0.3, -0.25) is 9.59 Å². The standard InChI is InChI=1S/C15H18N2O2S/c1-5-17-13-9-12(16(4)11(3)19)6-7-14(13)20-15(17)8-10(2)18/h6-9H,5H2,1-4H3/b15-8-. The number of thioether (sulfide) groups is 1. The molecule has 0 fully saturated rings. The highest BCUT2D eigenvalue weighted by Gasteiger charge is 2.25. The van der Waals surface area contributed by atoms with Crippen LogP contribution >= 0.6 is 11.8 Å². The van der Waals surface area contributed by atoms with Gasteiger partial charge in [0.05, 0.1) is 10.7 Å². The van der Waals surface area contributed by atoms with Crippen LogP contribution in [-0.4, -0.2) is 25.3 Å². The van der Waals surface area contributed by atoms with Gasteiger partial charge in [-0.2, -0.15) is 0 Å². The molecule has 0 radical (unpaired) electrons. The maximum Gasteiger partial charge on any atom is 0.223 e. The van der Waals surface area contributed by atoms with Gasteiger partial charge in [-0.1, -0.05) is 11.8 Å². The smallest absolute Gasteiger partial charge is 0.223 e. The van der Waals surface area contributed by atoms with Gasteiger partial charge in [-0.15, -0.1) is 0 Å². The monoisotopic (exact) mass is 290 g/mol. The molecule has 1 aliphatic heterocycles. The quantitative estimate of drug-likeness (QED) is 0.802. The van der Waals surface area contributed by atoms with E-state index in [1.807, 2.05) is 25.1 Å². The summed E-state index contributed by atoms with van der Waals surface area (Å²) in [5.41, 5.74) is 1.91. The lowest BCUT2D eigenvalue weighted by Gasteiger charge is -2.20. The van der Waals surface area contributed by atoms with E-state index in [2.05, 4.69) is 4.90 Å². The maximum absolute atomic E-state index is 11.5. The first-order valence-corrected chi connectivity index (χ1v) is 7.31. The van der Waals surface area contributed by atoms with Gasteiger partial charge in [0.25, 0.3) is 0 Å². The van der Waals surface area contributed by atoms with Crippen LogP contribution in [0.4, 0.5) is 11.4 Å². The molecule has 0 spiro atoms. The number of carbonyl (C=O) groups excluding carboxylic acids is 2. The number of benzene rings is 1. The summed E-state index contributed by atoms with van der Waals surface area (Å²) in [4.78, 5) is 27.6. The van der Waals surface area contributed by atoms with Crippen LogP contribution in [0.1, 0.15) is 20.8 Å². The molecule has 1 amide bonds. The first kappa shape index (κ1) is 14.7. The molecule has 0 saturated carbocycles. The van der Waals surface area contributed by atoms with Crippen LogP contribution in [0.5, 0.6) is 0 Å². The molecule has 0 bridgehead atoms.